The number of rotatable bonds is 3. The number of allylic oxidation sites excluding steroid dienone is 4. The van der Waals surface area contributed by atoms with Crippen LogP contribution in [-0.4, -0.2) is 63.1 Å². The molecule has 4 aliphatic carbocycles. The number of hydrogen-bond acceptors (Lipinski definition) is 9. The molecule has 1 aromatic heterocycles. The Labute approximate surface area is 256 Å². The van der Waals surface area contributed by atoms with Crippen molar-refractivity contribution in [2.45, 2.75) is 83.1 Å². The third-order valence-corrected chi connectivity index (χ3v) is 11.6. The van der Waals surface area contributed by atoms with Crippen LogP contribution in [0.15, 0.2) is 29.9 Å². The summed E-state index contributed by atoms with van der Waals surface area (Å²) in [6.45, 7) is 7.29. The van der Waals surface area contributed by atoms with Crippen LogP contribution in [-0.2, 0) is 9.59 Å². The van der Waals surface area contributed by atoms with E-state index in [1.165, 1.54) is 18.6 Å². The zero-order chi connectivity index (χ0) is 31.5. The van der Waals surface area contributed by atoms with Crippen molar-refractivity contribution in [3.63, 3.8) is 0 Å². The minimum atomic E-state index is -1.95. The van der Waals surface area contributed by atoms with Crippen molar-refractivity contribution in [3.8, 4) is 0 Å². The summed E-state index contributed by atoms with van der Waals surface area (Å²) in [4.78, 5) is 30.6. The zero-order valence-electron chi connectivity index (χ0n) is 25.1. The number of halogens is 2. The number of nitrogens with zero attached hydrogens (tertiary/aromatic N) is 3. The maximum absolute atomic E-state index is 16.9. The topological polar surface area (TPSA) is 170 Å². The van der Waals surface area contributed by atoms with Crippen LogP contribution in [0.25, 0.3) is 0 Å². The molecule has 5 aliphatic rings. The Balaban J connectivity index is 0.000000207. The summed E-state index contributed by atoms with van der Waals surface area (Å²) in [6, 6.07) is 1.58. The van der Waals surface area contributed by atoms with Gasteiger partial charge in [-0.2, -0.15) is 0 Å². The fraction of sp³-hybridized carbons (Fsp3) is 0.677. The van der Waals surface area contributed by atoms with Gasteiger partial charge in [0.2, 0.25) is 0 Å². The maximum Gasteiger partial charge on any atom is 0.346 e. The first-order chi connectivity index (χ1) is 20.1. The molecule has 1 saturated heterocycles. The van der Waals surface area contributed by atoms with Gasteiger partial charge in [-0.15, -0.1) is 11.6 Å². The van der Waals surface area contributed by atoms with Crippen LogP contribution in [0.5, 0.6) is 0 Å². The molecule has 0 radical (unpaired) electrons. The molecule has 1 aliphatic heterocycles. The van der Waals surface area contributed by atoms with E-state index in [0.717, 1.165) is 31.5 Å². The van der Waals surface area contributed by atoms with Crippen molar-refractivity contribution >= 4 is 40.8 Å². The zero-order valence-corrected chi connectivity index (χ0v) is 25.8. The number of nitrogens with two attached hydrogens (primary N) is 2. The van der Waals surface area contributed by atoms with Gasteiger partial charge in [-0.3, -0.25) is 9.59 Å². The van der Waals surface area contributed by atoms with Gasteiger partial charge in [-0.05, 0) is 75.9 Å². The Bertz CT molecular complexity index is 1350. The minimum absolute atomic E-state index is 0.0151. The molecule has 0 amide bonds. The lowest BCUT2D eigenvalue weighted by Crippen LogP contribution is -2.69. The second-order valence-electron chi connectivity index (χ2n) is 13.5. The minimum Gasteiger partial charge on any atom is -0.754 e. The number of piperidine rings is 1. The first-order valence-electron chi connectivity index (χ1n) is 15.2. The highest BCUT2D eigenvalue weighted by molar-refractivity contribution is 6.29. The van der Waals surface area contributed by atoms with Crippen LogP contribution in [0.1, 0.15) is 65.7 Å². The Morgan fingerprint density at radius 3 is 2.56 bits per heavy atom. The predicted molar refractivity (Wildman–Crippen MR) is 162 cm³/mol. The normalized spacial score (nSPS) is 40.0. The number of nitrogen functional groups attached to an aromatic ring is 2. The molecule has 43 heavy (non-hydrogen) atoms. The number of fused-ring (bicyclic) bond motifs is 5. The Morgan fingerprint density at radius 1 is 1.26 bits per heavy atom. The summed E-state index contributed by atoms with van der Waals surface area (Å²) in [5, 5.41) is 33.8. The van der Waals surface area contributed by atoms with Gasteiger partial charge in [-0.1, -0.05) is 30.5 Å². The number of carbonyl (C=O) groups is 2. The molecule has 3 saturated carbocycles. The second-order valence-corrected chi connectivity index (χ2v) is 13.7. The number of Topliss-reactive ketones (excluding diaryl/α,β-unsaturated/α-hetero) is 1. The molecule has 12 heteroatoms. The van der Waals surface area contributed by atoms with E-state index in [-0.39, 0.29) is 41.7 Å². The van der Waals surface area contributed by atoms with E-state index in [9.17, 15) is 25.0 Å². The van der Waals surface area contributed by atoms with Crippen molar-refractivity contribution in [1.29, 1.82) is 0 Å². The molecule has 0 spiro atoms. The van der Waals surface area contributed by atoms with E-state index >= 15 is 4.39 Å². The number of alkyl halides is 2. The van der Waals surface area contributed by atoms with E-state index < -0.39 is 39.9 Å². The largest absolute Gasteiger partial charge is 0.754 e. The predicted octanol–water partition coefficient (Wildman–Crippen LogP) is 3.01. The van der Waals surface area contributed by atoms with E-state index in [0.29, 0.717) is 29.8 Å². The van der Waals surface area contributed by atoms with Gasteiger partial charge < -0.3 is 31.8 Å². The molecule has 4 fully saturated rings. The first-order valence-corrected chi connectivity index (χ1v) is 15.7. The SMILES string of the molecule is C[C@H]1C[C@H]2[C@@H]3CCC4=CC(=O)C=C[C@]4(C)[C@@]3(F)[C@@H](O)C[C@]2(C)[C@@]1(O)C(=O)CCl.Nc1cc(N2CCCCC2)nc(N)[n+]1[O-]. The Kier molecular flexibility index (Phi) is 8.10. The highest BCUT2D eigenvalue weighted by atomic mass is 35.5. The molecule has 236 valence electrons. The van der Waals surface area contributed by atoms with Crippen molar-refractivity contribution < 1.29 is 28.9 Å². The third-order valence-electron chi connectivity index (χ3n) is 11.4. The van der Waals surface area contributed by atoms with Gasteiger partial charge in [0.25, 0.3) is 0 Å². The van der Waals surface area contributed by atoms with E-state index in [2.05, 4.69) is 9.88 Å². The molecule has 0 aromatic carbocycles. The van der Waals surface area contributed by atoms with Crippen molar-refractivity contribution in [2.24, 2.45) is 28.6 Å². The molecule has 0 unspecified atom stereocenters. The summed E-state index contributed by atoms with van der Waals surface area (Å²) in [5.74, 6) is -1.32. The lowest BCUT2D eigenvalue weighted by Gasteiger charge is -2.62. The van der Waals surface area contributed by atoms with Gasteiger partial charge in [0.15, 0.2) is 28.9 Å². The lowest BCUT2D eigenvalue weighted by atomic mass is 9.44. The van der Waals surface area contributed by atoms with Gasteiger partial charge in [0.1, 0.15) is 5.60 Å². The maximum atomic E-state index is 16.9. The fourth-order valence-corrected chi connectivity index (χ4v) is 9.25. The van der Waals surface area contributed by atoms with Crippen molar-refractivity contribution in [2.75, 3.05) is 35.3 Å². The smallest absolute Gasteiger partial charge is 0.346 e. The number of aliphatic hydroxyl groups is 2. The highest BCUT2D eigenvalue weighted by Crippen LogP contribution is 2.70. The summed E-state index contributed by atoms with van der Waals surface area (Å²) < 4.78 is 17.3. The van der Waals surface area contributed by atoms with E-state index in [1.807, 2.05) is 13.8 Å². The molecular weight excluding hydrogens is 577 g/mol. The average molecular weight is 620 g/mol. The monoisotopic (exact) mass is 619 g/mol. The molecular formula is C31H43ClFN5O5. The van der Waals surface area contributed by atoms with Gasteiger partial charge in [-0.25, -0.2) is 9.12 Å². The highest BCUT2D eigenvalue weighted by Gasteiger charge is 2.75. The lowest BCUT2D eigenvalue weighted by molar-refractivity contribution is -0.576. The third kappa shape index (κ3) is 4.56. The number of ketones is 2. The van der Waals surface area contributed by atoms with Gasteiger partial charge in [0.05, 0.1) is 18.1 Å². The van der Waals surface area contributed by atoms with Gasteiger partial charge in [0, 0.05) is 29.8 Å². The molecule has 0 bridgehead atoms. The van der Waals surface area contributed by atoms with Crippen LogP contribution in [0.4, 0.5) is 22.0 Å². The summed E-state index contributed by atoms with van der Waals surface area (Å²) in [5.41, 5.74) is 6.09. The molecule has 6 rings (SSSR count). The second kappa shape index (κ2) is 11.0. The summed E-state index contributed by atoms with van der Waals surface area (Å²) in [7, 11) is 0. The quantitative estimate of drug-likeness (QED) is 0.226. The van der Waals surface area contributed by atoms with Gasteiger partial charge >= 0.3 is 5.95 Å². The summed E-state index contributed by atoms with van der Waals surface area (Å²) >= 11 is 5.81. The number of anilines is 3. The standard InChI is InChI=1S/C22H28ClFO4.C9H15N5O/c1-12-8-16-15-5-4-13-9-14(25)6-7-19(13,2)21(15,24)17(26)10-20(16,3)22(12,28)18(27)11-23;10-7-6-8(12-9(11)14(7)15)13-4-2-1-3-5-13/h6-7,9,12,15-17,26,28H,4-5,8,10-11H2,1-3H3;6H,1-5,10H2,(H2,11,12)/t12-,15-,16-,17-,19-,20-,21-,22-;/m0./s1. The molecule has 8 atom stereocenters. The average Bonchev–Trinajstić information content (AvgIpc) is 3.18. The van der Waals surface area contributed by atoms with E-state index in [1.54, 1.807) is 19.1 Å². The number of carbonyl (C=O) groups excluding carboxylic acids is 2. The number of aliphatic hydroxyl groups excluding tert-OH is 1. The molecule has 6 N–H and O–H groups in total. The van der Waals surface area contributed by atoms with Crippen molar-refractivity contribution in [1.82, 2.24) is 4.98 Å². The fourth-order valence-electron chi connectivity index (χ4n) is 9.05. The molecule has 1 aromatic rings. The van der Waals surface area contributed by atoms with Crippen LogP contribution < -0.4 is 21.1 Å². The van der Waals surface area contributed by atoms with E-state index in [4.69, 9.17) is 23.1 Å². The van der Waals surface area contributed by atoms with Crippen LogP contribution >= 0.6 is 11.6 Å². The summed E-state index contributed by atoms with van der Waals surface area (Å²) in [6.07, 6.45) is 8.22. The first kappa shape index (κ1) is 31.7. The Morgan fingerprint density at radius 2 is 1.93 bits per heavy atom. The molecule has 2 heterocycles. The number of hydrogen-bond donors (Lipinski definition) is 4. The van der Waals surface area contributed by atoms with Crippen LogP contribution in [0.2, 0.25) is 0 Å². The molecule has 10 nitrogen and oxygen atoms in total. The van der Waals surface area contributed by atoms with Crippen molar-refractivity contribution in [3.05, 3.63) is 35.1 Å². The van der Waals surface area contributed by atoms with Crippen LogP contribution in [0, 0.1) is 33.8 Å². The Hall–Kier alpha value is -2.76. The number of aromatic nitrogens is 2. The van der Waals surface area contributed by atoms with Crippen LogP contribution in [0.3, 0.4) is 0 Å².